The van der Waals surface area contributed by atoms with Crippen LogP contribution in [0.5, 0.6) is 0 Å². The minimum Gasteiger partial charge on any atom is -0.208 e. The van der Waals surface area contributed by atoms with Crippen LogP contribution in [0.2, 0.25) is 0 Å². The maximum atomic E-state index is 5.41. The van der Waals surface area contributed by atoms with E-state index in [1.807, 2.05) is 0 Å². The fourth-order valence-corrected chi connectivity index (χ4v) is 11.1. The molecule has 4 aliphatic rings. The normalized spacial score (nSPS) is 17.7. The number of nitrogens with zero attached hydrogens (tertiary/aromatic N) is 3. The zero-order valence-electron chi connectivity index (χ0n) is 41.4. The van der Waals surface area contributed by atoms with Crippen LogP contribution >= 0.6 is 0 Å². The van der Waals surface area contributed by atoms with E-state index in [-0.39, 0.29) is 10.8 Å². The SMILES string of the molecule is C\C=C(/C=C1\C(=C/C)c2ccccc2C1(C)C)c1cc(-c2ccc3c(c2)C(C)(C)c2cc(C)ccc2-3)cc(-c2nc(C3=CCC=C(c4ccccc4)C=C3)nc(-c3ccc(C4=CCCC=C4)cc3)n2)c1. The summed E-state index contributed by atoms with van der Waals surface area (Å²) in [6, 6.07) is 49.1. The molecule has 0 saturated heterocycles. The fourth-order valence-electron chi connectivity index (χ4n) is 11.1. The summed E-state index contributed by atoms with van der Waals surface area (Å²) in [6.07, 6.45) is 25.5. The van der Waals surface area contributed by atoms with Crippen molar-refractivity contribution in [2.24, 2.45) is 0 Å². The smallest absolute Gasteiger partial charge is 0.164 e. The highest BCUT2D eigenvalue weighted by Crippen LogP contribution is 2.52. The average molecular weight is 906 g/mol. The van der Waals surface area contributed by atoms with Crippen LogP contribution in [0.15, 0.2) is 200 Å². The summed E-state index contributed by atoms with van der Waals surface area (Å²) in [5.41, 5.74) is 23.8. The lowest BCUT2D eigenvalue weighted by molar-refractivity contribution is 0.660. The van der Waals surface area contributed by atoms with Crippen LogP contribution in [0.3, 0.4) is 0 Å². The Morgan fingerprint density at radius 1 is 0.486 bits per heavy atom. The molecule has 4 aliphatic carbocycles. The number of allylic oxidation sites excluding steroid dienone is 16. The molecule has 1 heterocycles. The number of hydrogen-bond acceptors (Lipinski definition) is 3. The third-order valence-electron chi connectivity index (χ3n) is 15.0. The topological polar surface area (TPSA) is 38.7 Å². The molecule has 0 aliphatic heterocycles. The van der Waals surface area contributed by atoms with Crippen molar-refractivity contribution in [2.45, 2.75) is 78.6 Å². The molecule has 7 aromatic rings. The maximum Gasteiger partial charge on any atom is 0.164 e. The third-order valence-corrected chi connectivity index (χ3v) is 15.0. The van der Waals surface area contributed by atoms with Gasteiger partial charge in [0.1, 0.15) is 0 Å². The molecule has 0 unspecified atom stereocenters. The molecule has 0 bridgehead atoms. The highest BCUT2D eigenvalue weighted by atomic mass is 15.0. The van der Waals surface area contributed by atoms with Crippen molar-refractivity contribution in [3.8, 4) is 45.0 Å². The predicted molar refractivity (Wildman–Crippen MR) is 296 cm³/mol. The van der Waals surface area contributed by atoms with Gasteiger partial charge in [0.15, 0.2) is 17.5 Å². The number of hydrogen-bond donors (Lipinski definition) is 0. The van der Waals surface area contributed by atoms with Gasteiger partial charge in [0.2, 0.25) is 0 Å². The Morgan fingerprint density at radius 3 is 1.87 bits per heavy atom. The predicted octanol–water partition coefficient (Wildman–Crippen LogP) is 17.4. The summed E-state index contributed by atoms with van der Waals surface area (Å²) in [7, 11) is 0. The van der Waals surface area contributed by atoms with Crippen molar-refractivity contribution in [1.82, 2.24) is 15.0 Å². The van der Waals surface area contributed by atoms with Gasteiger partial charge >= 0.3 is 0 Å². The van der Waals surface area contributed by atoms with E-state index in [9.17, 15) is 0 Å². The Kier molecular flexibility index (Phi) is 11.5. The second kappa shape index (κ2) is 18.0. The molecule has 1 aromatic heterocycles. The first-order valence-corrected chi connectivity index (χ1v) is 25.0. The van der Waals surface area contributed by atoms with Gasteiger partial charge in [-0.05, 0) is 159 Å². The first kappa shape index (κ1) is 44.7. The van der Waals surface area contributed by atoms with Crippen molar-refractivity contribution in [1.29, 1.82) is 0 Å². The Balaban J connectivity index is 1.09. The second-order valence-corrected chi connectivity index (χ2v) is 20.2. The van der Waals surface area contributed by atoms with Crippen molar-refractivity contribution in [3.05, 3.63) is 250 Å². The molecular weight excluding hydrogens is 847 g/mol. The first-order chi connectivity index (χ1) is 34.0. The van der Waals surface area contributed by atoms with Crippen LogP contribution in [0.1, 0.15) is 111 Å². The quantitative estimate of drug-likeness (QED) is 0.152. The molecule has 0 amide bonds. The monoisotopic (exact) mass is 905 g/mol. The maximum absolute atomic E-state index is 5.41. The van der Waals surface area contributed by atoms with E-state index in [0.717, 1.165) is 58.2 Å². The molecule has 0 N–H and O–H groups in total. The summed E-state index contributed by atoms with van der Waals surface area (Å²) in [4.78, 5) is 16.1. The van der Waals surface area contributed by atoms with Gasteiger partial charge in [0.25, 0.3) is 0 Å². The van der Waals surface area contributed by atoms with Gasteiger partial charge in [-0.25, -0.2) is 15.0 Å². The molecule has 0 saturated carbocycles. The van der Waals surface area contributed by atoms with Crippen molar-refractivity contribution >= 4 is 27.9 Å². The Labute approximate surface area is 414 Å². The van der Waals surface area contributed by atoms with E-state index in [4.69, 9.17) is 15.0 Å². The van der Waals surface area contributed by atoms with E-state index in [0.29, 0.717) is 17.5 Å². The zero-order valence-corrected chi connectivity index (χ0v) is 41.4. The number of aryl methyl sites for hydroxylation is 1. The van der Waals surface area contributed by atoms with Crippen LogP contribution in [0.25, 0.3) is 72.9 Å². The van der Waals surface area contributed by atoms with Gasteiger partial charge in [-0.1, -0.05) is 197 Å². The highest BCUT2D eigenvalue weighted by Gasteiger charge is 2.38. The molecule has 3 nitrogen and oxygen atoms in total. The van der Waals surface area contributed by atoms with Gasteiger partial charge in [-0.2, -0.15) is 0 Å². The second-order valence-electron chi connectivity index (χ2n) is 20.2. The van der Waals surface area contributed by atoms with Crippen molar-refractivity contribution in [3.63, 3.8) is 0 Å². The van der Waals surface area contributed by atoms with Crippen LogP contribution in [-0.4, -0.2) is 15.0 Å². The summed E-state index contributed by atoms with van der Waals surface area (Å²) >= 11 is 0. The molecular formula is C67H59N3. The standard InChI is InChI=1S/C67H59N3/c1-8-44(41-61-55(9-2)56-25-16-17-26-59(56)66(61,4)5)52-38-53(51-34-36-58-57-35-27-43(3)37-60(57)67(6,7)62(58)42-51)40-54(39-52)65-69-63(49-24-18-23-47(28-31-49)45-19-12-10-13-20-45)68-64(70-65)50-32-29-48(30-33-50)46-21-14-11-15-22-46/h8-10,12-14,16-17,19-42H,11,15,18H2,1-7H3/b44-8+,55-9-,61-41+. The first-order valence-electron chi connectivity index (χ1n) is 25.0. The molecule has 0 atom stereocenters. The van der Waals surface area contributed by atoms with Crippen LogP contribution in [0, 0.1) is 6.92 Å². The number of fused-ring (bicyclic) bond motifs is 4. The third kappa shape index (κ3) is 8.03. The molecule has 3 heteroatoms. The van der Waals surface area contributed by atoms with E-state index >= 15 is 0 Å². The molecule has 0 radical (unpaired) electrons. The van der Waals surface area contributed by atoms with Crippen molar-refractivity contribution in [2.75, 3.05) is 0 Å². The lowest BCUT2D eigenvalue weighted by Gasteiger charge is -2.23. The number of aromatic nitrogens is 3. The van der Waals surface area contributed by atoms with E-state index < -0.39 is 0 Å². The van der Waals surface area contributed by atoms with Crippen LogP contribution < -0.4 is 0 Å². The van der Waals surface area contributed by atoms with E-state index in [1.54, 1.807) is 0 Å². The molecule has 342 valence electrons. The molecule has 11 rings (SSSR count). The van der Waals surface area contributed by atoms with E-state index in [1.165, 1.54) is 72.4 Å². The number of benzene rings is 6. The zero-order chi connectivity index (χ0) is 48.1. The van der Waals surface area contributed by atoms with Gasteiger partial charge in [-0.15, -0.1) is 0 Å². The molecule has 70 heavy (non-hydrogen) atoms. The van der Waals surface area contributed by atoms with Gasteiger partial charge in [-0.3, -0.25) is 0 Å². The van der Waals surface area contributed by atoms with Crippen LogP contribution in [0.4, 0.5) is 0 Å². The summed E-state index contributed by atoms with van der Waals surface area (Å²) in [6.45, 7) is 16.0. The lowest BCUT2D eigenvalue weighted by atomic mass is 9.80. The average Bonchev–Trinajstić information content (AvgIpc) is 3.57. The molecule has 0 spiro atoms. The van der Waals surface area contributed by atoms with Gasteiger partial charge in [0, 0.05) is 27.5 Å². The van der Waals surface area contributed by atoms with Gasteiger partial charge in [0.05, 0.1) is 0 Å². The number of rotatable bonds is 8. The Morgan fingerprint density at radius 2 is 1.11 bits per heavy atom. The van der Waals surface area contributed by atoms with E-state index in [2.05, 4.69) is 243 Å². The Bertz CT molecular complexity index is 3500. The summed E-state index contributed by atoms with van der Waals surface area (Å²) < 4.78 is 0. The minimum absolute atomic E-state index is 0.148. The Hall–Kier alpha value is -7.75. The van der Waals surface area contributed by atoms with Gasteiger partial charge < -0.3 is 0 Å². The summed E-state index contributed by atoms with van der Waals surface area (Å²) in [5, 5.41) is 0. The molecule has 0 fully saturated rings. The largest absolute Gasteiger partial charge is 0.208 e. The van der Waals surface area contributed by atoms with Crippen molar-refractivity contribution < 1.29 is 0 Å². The lowest BCUT2D eigenvalue weighted by Crippen LogP contribution is -2.15. The highest BCUT2D eigenvalue weighted by molar-refractivity contribution is 5.94. The molecule has 6 aromatic carbocycles. The van der Waals surface area contributed by atoms with Crippen LogP contribution in [-0.2, 0) is 10.8 Å². The minimum atomic E-state index is -0.182. The fraction of sp³-hybridized carbons (Fsp3) is 0.179. The summed E-state index contributed by atoms with van der Waals surface area (Å²) in [5.74, 6) is 1.93.